The van der Waals surface area contributed by atoms with E-state index in [1.807, 2.05) is 38.1 Å². The second-order valence-electron chi connectivity index (χ2n) is 4.60. The van der Waals surface area contributed by atoms with Gasteiger partial charge in [0.25, 0.3) is 0 Å². The van der Waals surface area contributed by atoms with Crippen LogP contribution < -0.4 is 0 Å². The van der Waals surface area contributed by atoms with Crippen LogP contribution in [0.25, 0.3) is 0 Å². The van der Waals surface area contributed by atoms with Gasteiger partial charge in [0, 0.05) is 10.9 Å². The van der Waals surface area contributed by atoms with Crippen LogP contribution in [0.3, 0.4) is 0 Å². The van der Waals surface area contributed by atoms with Crippen molar-refractivity contribution in [2.75, 3.05) is 0 Å². The molecule has 2 rings (SSSR count). The molecule has 18 heavy (non-hydrogen) atoms. The third-order valence-corrected chi connectivity index (χ3v) is 3.34. The van der Waals surface area contributed by atoms with Gasteiger partial charge >= 0.3 is 0 Å². The van der Waals surface area contributed by atoms with Gasteiger partial charge in [0.05, 0.1) is 5.69 Å². The Morgan fingerprint density at radius 2 is 1.94 bits per heavy atom. The highest BCUT2D eigenvalue weighted by Gasteiger charge is 2.19. The fourth-order valence-electron chi connectivity index (χ4n) is 1.88. The minimum absolute atomic E-state index is 0.248. The van der Waals surface area contributed by atoms with Gasteiger partial charge in [0.2, 0.25) is 0 Å². The molecule has 2 aromatic rings. The molecule has 0 radical (unpaired) electrons. The zero-order valence-electron chi connectivity index (χ0n) is 10.4. The zero-order chi connectivity index (χ0) is 13.1. The third kappa shape index (κ3) is 3.00. The van der Waals surface area contributed by atoms with Gasteiger partial charge in [0.1, 0.15) is 6.10 Å². The summed E-state index contributed by atoms with van der Waals surface area (Å²) < 4.78 is 6.34. The summed E-state index contributed by atoms with van der Waals surface area (Å²) in [6, 6.07) is 7.90. The van der Waals surface area contributed by atoms with Crippen molar-refractivity contribution >= 4 is 15.9 Å². The predicted molar refractivity (Wildman–Crippen MR) is 73.4 cm³/mol. The van der Waals surface area contributed by atoms with Crippen molar-refractivity contribution in [3.05, 3.63) is 52.1 Å². The predicted octanol–water partition coefficient (Wildman–Crippen LogP) is 3.84. The molecule has 3 nitrogen and oxygen atoms in total. The van der Waals surface area contributed by atoms with Crippen molar-refractivity contribution in [1.82, 2.24) is 4.98 Å². The Balaban J connectivity index is 2.14. The SMILES string of the molecule is CC(C)c1ncoc1C(O)Cc1ccc(Br)cc1. The lowest BCUT2D eigenvalue weighted by Gasteiger charge is -2.11. The number of hydrogen-bond donors (Lipinski definition) is 1. The molecule has 1 aromatic heterocycles. The first-order valence-corrected chi connectivity index (χ1v) is 6.73. The maximum absolute atomic E-state index is 10.2. The van der Waals surface area contributed by atoms with Crippen molar-refractivity contribution in [2.45, 2.75) is 32.3 Å². The summed E-state index contributed by atoms with van der Waals surface area (Å²) in [5, 5.41) is 10.2. The van der Waals surface area contributed by atoms with Gasteiger partial charge < -0.3 is 9.52 Å². The molecule has 0 amide bonds. The maximum atomic E-state index is 10.2. The molecule has 1 unspecified atom stereocenters. The number of nitrogens with zero attached hydrogens (tertiary/aromatic N) is 1. The molecule has 0 fully saturated rings. The number of benzene rings is 1. The van der Waals surface area contributed by atoms with Crippen molar-refractivity contribution in [1.29, 1.82) is 0 Å². The van der Waals surface area contributed by atoms with Crippen LogP contribution in [0.5, 0.6) is 0 Å². The lowest BCUT2D eigenvalue weighted by atomic mass is 10.0. The lowest BCUT2D eigenvalue weighted by Crippen LogP contribution is -2.05. The first-order chi connectivity index (χ1) is 8.58. The van der Waals surface area contributed by atoms with Gasteiger partial charge in [-0.25, -0.2) is 4.98 Å². The van der Waals surface area contributed by atoms with Crippen LogP contribution in [-0.4, -0.2) is 10.1 Å². The van der Waals surface area contributed by atoms with E-state index in [0.717, 1.165) is 15.7 Å². The Morgan fingerprint density at radius 1 is 1.28 bits per heavy atom. The van der Waals surface area contributed by atoms with E-state index in [2.05, 4.69) is 20.9 Å². The molecule has 0 spiro atoms. The van der Waals surface area contributed by atoms with Crippen LogP contribution in [-0.2, 0) is 6.42 Å². The highest BCUT2D eigenvalue weighted by molar-refractivity contribution is 9.10. The Morgan fingerprint density at radius 3 is 2.56 bits per heavy atom. The van der Waals surface area contributed by atoms with E-state index < -0.39 is 6.10 Å². The number of aliphatic hydroxyl groups excluding tert-OH is 1. The lowest BCUT2D eigenvalue weighted by molar-refractivity contribution is 0.148. The van der Waals surface area contributed by atoms with E-state index >= 15 is 0 Å². The normalized spacial score (nSPS) is 12.9. The van der Waals surface area contributed by atoms with E-state index in [4.69, 9.17) is 4.42 Å². The summed E-state index contributed by atoms with van der Waals surface area (Å²) in [5.74, 6) is 0.825. The maximum Gasteiger partial charge on any atom is 0.181 e. The van der Waals surface area contributed by atoms with Crippen molar-refractivity contribution in [2.24, 2.45) is 0 Å². The molecule has 1 atom stereocenters. The summed E-state index contributed by atoms with van der Waals surface area (Å²) in [6.07, 6.45) is 1.28. The Labute approximate surface area is 115 Å². The van der Waals surface area contributed by atoms with E-state index in [1.54, 1.807) is 0 Å². The highest BCUT2D eigenvalue weighted by atomic mass is 79.9. The quantitative estimate of drug-likeness (QED) is 0.933. The Kier molecular flexibility index (Phi) is 4.19. The Hall–Kier alpha value is -1.13. The minimum atomic E-state index is -0.647. The molecular weight excluding hydrogens is 294 g/mol. The van der Waals surface area contributed by atoms with E-state index in [0.29, 0.717) is 12.2 Å². The average Bonchev–Trinajstić information content (AvgIpc) is 2.81. The standard InChI is InChI=1S/C14H16BrNO2/c1-9(2)13-14(18-8-16-13)12(17)7-10-3-5-11(15)6-4-10/h3-6,8-9,12,17H,7H2,1-2H3. The molecule has 1 heterocycles. The van der Waals surface area contributed by atoms with Crippen LogP contribution >= 0.6 is 15.9 Å². The second kappa shape index (κ2) is 5.67. The molecule has 4 heteroatoms. The number of hydrogen-bond acceptors (Lipinski definition) is 3. The molecule has 0 saturated carbocycles. The largest absolute Gasteiger partial charge is 0.445 e. The molecule has 0 aliphatic carbocycles. The monoisotopic (exact) mass is 309 g/mol. The summed E-state index contributed by atoms with van der Waals surface area (Å²) in [6.45, 7) is 4.07. The first-order valence-electron chi connectivity index (χ1n) is 5.93. The average molecular weight is 310 g/mol. The van der Waals surface area contributed by atoms with Gasteiger partial charge in [-0.15, -0.1) is 0 Å². The summed E-state index contributed by atoms with van der Waals surface area (Å²) in [5.41, 5.74) is 1.90. The fourth-order valence-corrected chi connectivity index (χ4v) is 2.15. The van der Waals surface area contributed by atoms with Crippen LogP contribution in [0.2, 0.25) is 0 Å². The molecule has 0 aliphatic heterocycles. The number of aliphatic hydroxyl groups is 1. The van der Waals surface area contributed by atoms with Gasteiger partial charge in [-0.3, -0.25) is 0 Å². The molecule has 0 saturated heterocycles. The van der Waals surface area contributed by atoms with Crippen molar-refractivity contribution in [3.8, 4) is 0 Å². The van der Waals surface area contributed by atoms with Gasteiger partial charge in [-0.1, -0.05) is 41.9 Å². The second-order valence-corrected chi connectivity index (χ2v) is 5.52. The summed E-state index contributed by atoms with van der Waals surface area (Å²) in [4.78, 5) is 4.16. The van der Waals surface area contributed by atoms with Gasteiger partial charge in [0.15, 0.2) is 12.2 Å². The topological polar surface area (TPSA) is 46.3 Å². The van der Waals surface area contributed by atoms with E-state index in [-0.39, 0.29) is 5.92 Å². The van der Waals surface area contributed by atoms with Crippen LogP contribution in [0, 0.1) is 0 Å². The third-order valence-electron chi connectivity index (χ3n) is 2.82. The summed E-state index contributed by atoms with van der Waals surface area (Å²) >= 11 is 3.39. The molecule has 1 N–H and O–H groups in total. The molecular formula is C14H16BrNO2. The fraction of sp³-hybridized carbons (Fsp3) is 0.357. The van der Waals surface area contributed by atoms with Crippen LogP contribution in [0.15, 0.2) is 39.5 Å². The van der Waals surface area contributed by atoms with Gasteiger partial charge in [-0.2, -0.15) is 0 Å². The Bertz CT molecular complexity index is 505. The molecule has 0 bridgehead atoms. The molecule has 0 aliphatic rings. The number of oxazole rings is 1. The smallest absolute Gasteiger partial charge is 0.181 e. The minimum Gasteiger partial charge on any atom is -0.445 e. The van der Waals surface area contributed by atoms with E-state index in [9.17, 15) is 5.11 Å². The molecule has 96 valence electrons. The summed E-state index contributed by atoms with van der Waals surface area (Å²) in [7, 11) is 0. The van der Waals surface area contributed by atoms with Crippen LogP contribution in [0.1, 0.15) is 42.9 Å². The van der Waals surface area contributed by atoms with Crippen LogP contribution in [0.4, 0.5) is 0 Å². The highest BCUT2D eigenvalue weighted by Crippen LogP contribution is 2.26. The number of aromatic nitrogens is 1. The van der Waals surface area contributed by atoms with E-state index in [1.165, 1.54) is 6.39 Å². The zero-order valence-corrected chi connectivity index (χ0v) is 12.0. The molecule has 1 aromatic carbocycles. The van der Waals surface area contributed by atoms with Crippen molar-refractivity contribution < 1.29 is 9.52 Å². The number of rotatable bonds is 4. The van der Waals surface area contributed by atoms with Crippen molar-refractivity contribution in [3.63, 3.8) is 0 Å². The van der Waals surface area contributed by atoms with Gasteiger partial charge in [-0.05, 0) is 23.6 Å². The first kappa shape index (κ1) is 13.3. The number of halogens is 1.